The molecule has 1 N–H and O–H groups in total. The zero-order valence-corrected chi connectivity index (χ0v) is 16.4. The van der Waals surface area contributed by atoms with Crippen LogP contribution in [0, 0.1) is 11.6 Å². The fourth-order valence-electron chi connectivity index (χ4n) is 3.75. The summed E-state index contributed by atoms with van der Waals surface area (Å²) in [4.78, 5) is 19.5. The van der Waals surface area contributed by atoms with Crippen LogP contribution in [0.4, 0.5) is 8.78 Å². The molecule has 7 heteroatoms. The van der Waals surface area contributed by atoms with E-state index in [-0.39, 0.29) is 23.6 Å². The van der Waals surface area contributed by atoms with Crippen LogP contribution in [-0.2, 0) is 0 Å². The van der Waals surface area contributed by atoms with E-state index in [0.29, 0.717) is 36.9 Å². The molecule has 4 rings (SSSR count). The van der Waals surface area contributed by atoms with Gasteiger partial charge in [0.1, 0.15) is 17.3 Å². The zero-order chi connectivity index (χ0) is 20.4. The topological polar surface area (TPSA) is 39.3 Å². The number of hydrogen-bond acceptors (Lipinski definition) is 2. The number of aromatic amines is 1. The molecule has 2 aromatic carbocycles. The molecule has 1 fully saturated rings. The van der Waals surface area contributed by atoms with E-state index in [1.165, 1.54) is 24.3 Å². The van der Waals surface area contributed by atoms with E-state index in [4.69, 9.17) is 11.6 Å². The molecule has 1 aliphatic heterocycles. The molecule has 1 amide bonds. The van der Waals surface area contributed by atoms with Gasteiger partial charge in [0, 0.05) is 32.4 Å². The zero-order valence-electron chi connectivity index (χ0n) is 15.6. The second-order valence-electron chi connectivity index (χ2n) is 7.07. The number of halogens is 3. The van der Waals surface area contributed by atoms with Crippen molar-refractivity contribution >= 4 is 17.5 Å². The van der Waals surface area contributed by atoms with E-state index in [1.54, 1.807) is 41.4 Å². The minimum Gasteiger partial charge on any atom is -0.356 e. The van der Waals surface area contributed by atoms with Crippen LogP contribution < -0.4 is 0 Å². The lowest BCUT2D eigenvalue weighted by Gasteiger charge is -2.39. The van der Waals surface area contributed by atoms with Crippen LogP contribution in [0.1, 0.15) is 27.7 Å². The Labute approximate surface area is 172 Å². The molecular formula is C22H20ClF2N3O. The number of carbonyl (C=O) groups excluding carboxylic acids is 1. The molecule has 1 aromatic heterocycles. The highest BCUT2D eigenvalue weighted by Gasteiger charge is 2.29. The number of carbonyl (C=O) groups is 1. The largest absolute Gasteiger partial charge is 0.356 e. The molecule has 3 aromatic rings. The van der Waals surface area contributed by atoms with Crippen molar-refractivity contribution in [3.05, 3.63) is 94.3 Å². The van der Waals surface area contributed by atoms with Crippen molar-refractivity contribution in [2.45, 2.75) is 6.04 Å². The van der Waals surface area contributed by atoms with Crippen molar-refractivity contribution in [3.63, 3.8) is 0 Å². The summed E-state index contributed by atoms with van der Waals surface area (Å²) >= 11 is 5.90. The predicted molar refractivity (Wildman–Crippen MR) is 108 cm³/mol. The molecule has 0 aliphatic carbocycles. The monoisotopic (exact) mass is 415 g/mol. The van der Waals surface area contributed by atoms with Crippen LogP contribution in [-0.4, -0.2) is 46.9 Å². The minimum absolute atomic E-state index is 0.0864. The normalized spacial score (nSPS) is 15.1. The molecule has 2 heterocycles. The summed E-state index contributed by atoms with van der Waals surface area (Å²) in [5.74, 6) is -0.685. The van der Waals surface area contributed by atoms with Crippen molar-refractivity contribution in [1.29, 1.82) is 0 Å². The van der Waals surface area contributed by atoms with Crippen LogP contribution in [0.5, 0.6) is 0 Å². The van der Waals surface area contributed by atoms with Crippen LogP contribution in [0.2, 0.25) is 5.02 Å². The summed E-state index contributed by atoms with van der Waals surface area (Å²) in [6, 6.07) is 14.2. The van der Waals surface area contributed by atoms with Gasteiger partial charge in [0.25, 0.3) is 5.91 Å². The Morgan fingerprint density at radius 3 is 1.86 bits per heavy atom. The van der Waals surface area contributed by atoms with Gasteiger partial charge in [-0.3, -0.25) is 9.69 Å². The van der Waals surface area contributed by atoms with Crippen LogP contribution in [0.15, 0.2) is 60.8 Å². The van der Waals surface area contributed by atoms with Crippen molar-refractivity contribution in [2.75, 3.05) is 26.2 Å². The first-order valence-corrected chi connectivity index (χ1v) is 9.77. The Bertz CT molecular complexity index is 935. The van der Waals surface area contributed by atoms with E-state index in [2.05, 4.69) is 9.88 Å². The summed E-state index contributed by atoms with van der Waals surface area (Å²) in [5, 5.41) is 0.500. The van der Waals surface area contributed by atoms with Crippen molar-refractivity contribution in [1.82, 2.24) is 14.8 Å². The van der Waals surface area contributed by atoms with E-state index in [0.717, 1.165) is 11.1 Å². The van der Waals surface area contributed by atoms with E-state index in [9.17, 15) is 13.6 Å². The fraction of sp³-hybridized carbons (Fsp3) is 0.227. The number of aromatic nitrogens is 1. The maximum atomic E-state index is 13.4. The van der Waals surface area contributed by atoms with Gasteiger partial charge in [0.15, 0.2) is 0 Å². The Morgan fingerprint density at radius 2 is 1.41 bits per heavy atom. The van der Waals surface area contributed by atoms with Gasteiger partial charge < -0.3 is 9.88 Å². The predicted octanol–water partition coefficient (Wildman–Crippen LogP) is 4.49. The summed E-state index contributed by atoms with van der Waals surface area (Å²) in [7, 11) is 0. The SMILES string of the molecule is O=C(c1cc(Cl)c[nH]1)N1CCN(C(c2ccc(F)cc2)c2ccc(F)cc2)CC1. The number of amides is 1. The summed E-state index contributed by atoms with van der Waals surface area (Å²) < 4.78 is 26.9. The molecule has 150 valence electrons. The summed E-state index contributed by atoms with van der Waals surface area (Å²) in [6.07, 6.45) is 1.59. The number of nitrogens with one attached hydrogen (secondary N) is 1. The molecule has 4 nitrogen and oxygen atoms in total. The van der Waals surface area contributed by atoms with Crippen molar-refractivity contribution in [3.8, 4) is 0 Å². The first-order chi connectivity index (χ1) is 14.0. The molecular weight excluding hydrogens is 396 g/mol. The quantitative estimate of drug-likeness (QED) is 0.681. The molecule has 0 spiro atoms. The van der Waals surface area contributed by atoms with E-state index >= 15 is 0 Å². The van der Waals surface area contributed by atoms with Gasteiger partial charge >= 0.3 is 0 Å². The lowest BCUT2D eigenvalue weighted by molar-refractivity contribution is 0.0592. The van der Waals surface area contributed by atoms with Crippen molar-refractivity contribution in [2.24, 2.45) is 0 Å². The Balaban J connectivity index is 1.54. The number of benzene rings is 2. The van der Waals surface area contributed by atoms with Crippen molar-refractivity contribution < 1.29 is 13.6 Å². The van der Waals surface area contributed by atoms with Gasteiger partial charge in [-0.2, -0.15) is 0 Å². The van der Waals surface area contributed by atoms with Gasteiger partial charge in [-0.1, -0.05) is 35.9 Å². The summed E-state index contributed by atoms with van der Waals surface area (Å²) in [6.45, 7) is 2.38. The molecule has 0 atom stereocenters. The molecule has 1 aliphatic rings. The van der Waals surface area contributed by atoms with Gasteiger partial charge in [0.05, 0.1) is 11.1 Å². The lowest BCUT2D eigenvalue weighted by Crippen LogP contribution is -2.50. The maximum absolute atomic E-state index is 13.4. The number of piperazine rings is 1. The van der Waals surface area contributed by atoms with Crippen LogP contribution in [0.3, 0.4) is 0 Å². The highest BCUT2D eigenvalue weighted by molar-refractivity contribution is 6.30. The Kier molecular flexibility index (Phi) is 5.65. The average molecular weight is 416 g/mol. The molecule has 0 bridgehead atoms. The highest BCUT2D eigenvalue weighted by atomic mass is 35.5. The Hall–Kier alpha value is -2.70. The fourth-order valence-corrected chi connectivity index (χ4v) is 3.91. The van der Waals surface area contributed by atoms with Gasteiger partial charge in [-0.15, -0.1) is 0 Å². The van der Waals surface area contributed by atoms with Crippen LogP contribution >= 0.6 is 11.6 Å². The second-order valence-corrected chi connectivity index (χ2v) is 7.50. The Morgan fingerprint density at radius 1 is 0.897 bits per heavy atom. The summed E-state index contributed by atoms with van der Waals surface area (Å²) in [5.41, 5.74) is 2.32. The maximum Gasteiger partial charge on any atom is 0.270 e. The van der Waals surface area contributed by atoms with E-state index in [1.807, 2.05) is 0 Å². The third-order valence-electron chi connectivity index (χ3n) is 5.22. The first kappa shape index (κ1) is 19.6. The minimum atomic E-state index is -0.299. The van der Waals surface area contributed by atoms with Gasteiger partial charge in [-0.05, 0) is 41.5 Å². The number of H-pyrrole nitrogens is 1. The second kappa shape index (κ2) is 8.35. The molecule has 0 saturated carbocycles. The average Bonchev–Trinajstić information content (AvgIpc) is 3.17. The molecule has 1 saturated heterocycles. The first-order valence-electron chi connectivity index (χ1n) is 9.39. The third kappa shape index (κ3) is 4.33. The third-order valence-corrected chi connectivity index (χ3v) is 5.43. The lowest BCUT2D eigenvalue weighted by atomic mass is 9.96. The van der Waals surface area contributed by atoms with E-state index < -0.39 is 0 Å². The van der Waals surface area contributed by atoms with Crippen LogP contribution in [0.25, 0.3) is 0 Å². The molecule has 29 heavy (non-hydrogen) atoms. The molecule has 0 unspecified atom stereocenters. The van der Waals surface area contributed by atoms with Gasteiger partial charge in [-0.25, -0.2) is 8.78 Å². The highest BCUT2D eigenvalue weighted by Crippen LogP contribution is 2.30. The number of rotatable bonds is 4. The molecule has 0 radical (unpaired) electrons. The smallest absolute Gasteiger partial charge is 0.270 e. The van der Waals surface area contributed by atoms with Gasteiger partial charge in [0.2, 0.25) is 0 Å². The standard InChI is InChI=1S/C22H20ClF2N3O/c23-17-13-20(26-14-17)22(29)28-11-9-27(10-12-28)21(15-1-5-18(24)6-2-15)16-3-7-19(25)8-4-16/h1-8,13-14,21,26H,9-12H2. The number of nitrogens with zero attached hydrogens (tertiary/aromatic N) is 2. The number of hydrogen-bond donors (Lipinski definition) is 1.